The molecule has 6 nitrogen and oxygen atoms in total. The summed E-state index contributed by atoms with van der Waals surface area (Å²) in [6.07, 6.45) is -4.61. The lowest BCUT2D eigenvalue weighted by molar-refractivity contribution is -0.143. The van der Waals surface area contributed by atoms with Crippen LogP contribution in [-0.2, 0) is 36.9 Å². The summed E-state index contributed by atoms with van der Waals surface area (Å²) >= 11 is 1.19. The fourth-order valence-electron chi connectivity index (χ4n) is 3.04. The fraction of sp³-hybridized carbons (Fsp3) is 0.450. The summed E-state index contributed by atoms with van der Waals surface area (Å²) in [5.41, 5.74) is -0.261. The number of hydrogen-bond acceptors (Lipinski definition) is 6. The Bertz CT molecular complexity index is 1050. The number of likely N-dealkylation sites (N-methyl/N-ethyl adjacent to an activating group) is 1. The molecule has 1 aliphatic heterocycles. The first kappa shape index (κ1) is 23.7. The van der Waals surface area contributed by atoms with Crippen LogP contribution in [0.25, 0.3) is 10.4 Å². The van der Waals surface area contributed by atoms with E-state index in [0.717, 1.165) is 10.4 Å². The highest BCUT2D eigenvalue weighted by Crippen LogP contribution is 2.38. The lowest BCUT2D eigenvalue weighted by atomic mass is 10.0. The average molecular weight is 478 g/mol. The van der Waals surface area contributed by atoms with Gasteiger partial charge in [0.15, 0.2) is 0 Å². The molecular weight excluding hydrogens is 455 g/mol. The van der Waals surface area contributed by atoms with E-state index in [2.05, 4.69) is 0 Å². The van der Waals surface area contributed by atoms with Crippen LogP contribution in [-0.4, -0.2) is 51.6 Å². The summed E-state index contributed by atoms with van der Waals surface area (Å²) in [4.78, 5) is 11.7. The van der Waals surface area contributed by atoms with Gasteiger partial charge < -0.3 is 9.47 Å². The van der Waals surface area contributed by atoms with Crippen LogP contribution in [0.2, 0.25) is 0 Å². The first-order chi connectivity index (χ1) is 14.5. The van der Waals surface area contributed by atoms with E-state index < -0.39 is 32.6 Å². The molecule has 1 aliphatic rings. The van der Waals surface area contributed by atoms with Gasteiger partial charge in [-0.25, -0.2) is 8.42 Å². The molecule has 11 heteroatoms. The van der Waals surface area contributed by atoms with Crippen LogP contribution in [0, 0.1) is 0 Å². The number of rotatable bonds is 9. The van der Waals surface area contributed by atoms with E-state index in [4.69, 9.17) is 9.47 Å². The minimum atomic E-state index is -4.72. The van der Waals surface area contributed by atoms with Crippen molar-refractivity contribution in [3.63, 3.8) is 0 Å². The number of nitrogens with zero attached hydrogens (tertiary/aromatic N) is 1. The van der Waals surface area contributed by atoms with Crippen molar-refractivity contribution in [3.05, 3.63) is 40.8 Å². The van der Waals surface area contributed by atoms with E-state index in [-0.39, 0.29) is 37.7 Å². The van der Waals surface area contributed by atoms with E-state index in [1.807, 2.05) is 0 Å². The number of hydrogen-bond donors (Lipinski definition) is 0. The second-order valence-corrected chi connectivity index (χ2v) is 10.0. The highest BCUT2D eigenvalue weighted by atomic mass is 32.2. The van der Waals surface area contributed by atoms with Gasteiger partial charge >= 0.3 is 12.1 Å². The topological polar surface area (TPSA) is 76.2 Å². The molecule has 2 aromatic rings. The monoisotopic (exact) mass is 477 g/mol. The number of carbonyl (C=O) groups is 1. The van der Waals surface area contributed by atoms with E-state index >= 15 is 0 Å². The molecule has 1 saturated heterocycles. The van der Waals surface area contributed by atoms with Crippen molar-refractivity contribution in [1.29, 1.82) is 0 Å². The summed E-state index contributed by atoms with van der Waals surface area (Å²) in [5, 5.41) is 1.70. The molecule has 0 aliphatic carbocycles. The van der Waals surface area contributed by atoms with Gasteiger partial charge in [-0.05, 0) is 54.1 Å². The quantitative estimate of drug-likeness (QED) is 0.404. The number of epoxide rings is 1. The Morgan fingerprint density at radius 1 is 1.32 bits per heavy atom. The van der Waals surface area contributed by atoms with Crippen LogP contribution in [0.5, 0.6) is 0 Å². The Balaban J connectivity index is 1.99. The molecular formula is C20H22F3NO5S2. The lowest BCUT2D eigenvalue weighted by Gasteiger charge is -2.18. The van der Waals surface area contributed by atoms with Crippen molar-refractivity contribution in [2.75, 3.05) is 26.8 Å². The maximum Gasteiger partial charge on any atom is 0.416 e. The van der Waals surface area contributed by atoms with Crippen LogP contribution in [0.3, 0.4) is 0 Å². The number of benzene rings is 1. The molecule has 170 valence electrons. The van der Waals surface area contributed by atoms with Gasteiger partial charge in [0.2, 0.25) is 10.0 Å². The molecule has 0 unspecified atom stereocenters. The average Bonchev–Trinajstić information content (AvgIpc) is 3.38. The molecule has 0 saturated carbocycles. The summed E-state index contributed by atoms with van der Waals surface area (Å²) in [6, 6.07) is 4.54. The second kappa shape index (κ2) is 9.27. The normalized spacial score (nSPS) is 16.5. The summed E-state index contributed by atoms with van der Waals surface area (Å²) in [6.45, 7) is 2.42. The molecule has 1 aromatic heterocycles. The summed E-state index contributed by atoms with van der Waals surface area (Å²) in [5.74, 6) is -0.407. The molecule has 0 amide bonds. The lowest BCUT2D eigenvalue weighted by Crippen LogP contribution is -2.30. The second-order valence-electron chi connectivity index (χ2n) is 7.06. The Labute approximate surface area is 182 Å². The van der Waals surface area contributed by atoms with Gasteiger partial charge in [0, 0.05) is 24.9 Å². The van der Waals surface area contributed by atoms with Crippen molar-refractivity contribution in [3.8, 4) is 10.4 Å². The largest absolute Gasteiger partial charge is 0.466 e. The highest BCUT2D eigenvalue weighted by molar-refractivity contribution is 7.89. The fourth-order valence-corrected chi connectivity index (χ4v) is 5.25. The molecule has 31 heavy (non-hydrogen) atoms. The maximum atomic E-state index is 13.6. The zero-order valence-corrected chi connectivity index (χ0v) is 18.6. The van der Waals surface area contributed by atoms with Gasteiger partial charge in [-0.2, -0.15) is 17.5 Å². The van der Waals surface area contributed by atoms with Crippen molar-refractivity contribution in [2.24, 2.45) is 0 Å². The van der Waals surface area contributed by atoms with Crippen LogP contribution in [0.15, 0.2) is 34.5 Å². The van der Waals surface area contributed by atoms with Crippen molar-refractivity contribution >= 4 is 27.3 Å². The molecule has 1 aromatic carbocycles. The smallest absolute Gasteiger partial charge is 0.416 e. The number of thiophene rings is 1. The minimum Gasteiger partial charge on any atom is -0.466 e. The third kappa shape index (κ3) is 5.85. The first-order valence-corrected chi connectivity index (χ1v) is 11.9. The molecule has 0 radical (unpaired) electrons. The van der Waals surface area contributed by atoms with Crippen molar-refractivity contribution < 1.29 is 35.9 Å². The zero-order valence-electron chi connectivity index (χ0n) is 16.9. The number of carbonyl (C=O) groups excluding carboxylic acids is 1. The number of alkyl halides is 3. The number of sulfonamides is 1. The third-order valence-corrected chi connectivity index (χ3v) is 7.52. The number of aryl methyl sites for hydroxylation is 1. The number of ether oxygens (including phenoxy) is 2. The Morgan fingerprint density at radius 2 is 2.03 bits per heavy atom. The van der Waals surface area contributed by atoms with Gasteiger partial charge in [0.05, 0.1) is 29.8 Å². The molecule has 1 fully saturated rings. The molecule has 2 heterocycles. The molecule has 0 spiro atoms. The summed E-state index contributed by atoms with van der Waals surface area (Å²) in [7, 11) is -2.84. The van der Waals surface area contributed by atoms with Gasteiger partial charge in [-0.1, -0.05) is 0 Å². The molecule has 3 rings (SSSR count). The van der Waals surface area contributed by atoms with Crippen LogP contribution in [0.4, 0.5) is 13.2 Å². The zero-order chi connectivity index (χ0) is 22.8. The Kier molecular flexibility index (Phi) is 7.09. The third-order valence-electron chi connectivity index (χ3n) is 4.72. The van der Waals surface area contributed by atoms with Gasteiger partial charge in [-0.15, -0.1) is 11.3 Å². The predicted molar refractivity (Wildman–Crippen MR) is 109 cm³/mol. The van der Waals surface area contributed by atoms with E-state index in [0.29, 0.717) is 23.1 Å². The van der Waals surface area contributed by atoms with Crippen LogP contribution < -0.4 is 0 Å². The van der Waals surface area contributed by atoms with Crippen molar-refractivity contribution in [1.82, 2.24) is 4.31 Å². The number of esters is 1. The van der Waals surface area contributed by atoms with Gasteiger partial charge in [-0.3, -0.25) is 4.79 Å². The maximum absolute atomic E-state index is 13.6. The van der Waals surface area contributed by atoms with Gasteiger partial charge in [0.25, 0.3) is 0 Å². The Morgan fingerprint density at radius 3 is 2.65 bits per heavy atom. The van der Waals surface area contributed by atoms with E-state index in [9.17, 15) is 26.4 Å². The highest BCUT2D eigenvalue weighted by Gasteiger charge is 2.35. The predicted octanol–water partition coefficient (Wildman–Crippen LogP) is 3.95. The molecule has 0 bridgehead atoms. The van der Waals surface area contributed by atoms with E-state index in [1.54, 1.807) is 18.4 Å². The summed E-state index contributed by atoms with van der Waals surface area (Å²) < 4.78 is 77.4. The Hall–Kier alpha value is -1.95. The first-order valence-electron chi connectivity index (χ1n) is 9.55. The van der Waals surface area contributed by atoms with Crippen LogP contribution >= 0.6 is 11.3 Å². The van der Waals surface area contributed by atoms with Crippen molar-refractivity contribution in [2.45, 2.75) is 36.9 Å². The standard InChI is InChI=1S/C20H22F3NO5S2/c1-3-28-18(25)5-4-13-6-7-30-19(13)14-8-15(20(21,22)23)10-17(9-14)31(26,27)24(2)11-16-12-29-16/h6-10,16H,3-5,11-12H2,1-2H3/t16-/m0/s1. The SMILES string of the molecule is CCOC(=O)CCc1ccsc1-c1cc(C(F)(F)F)cc(S(=O)(=O)N(C)C[C@H]2CO2)c1. The minimum absolute atomic E-state index is 0.0672. The van der Waals surface area contributed by atoms with E-state index in [1.165, 1.54) is 24.5 Å². The van der Waals surface area contributed by atoms with Gasteiger partial charge in [0.1, 0.15) is 0 Å². The molecule has 0 N–H and O–H groups in total. The van der Waals surface area contributed by atoms with Crippen LogP contribution in [0.1, 0.15) is 24.5 Å². The molecule has 1 atom stereocenters. The number of halogens is 3.